The Morgan fingerprint density at radius 1 is 1.20 bits per heavy atom. The van der Waals surface area contributed by atoms with E-state index >= 15 is 0 Å². The summed E-state index contributed by atoms with van der Waals surface area (Å²) in [5.74, 6) is 1.58. The molecular formula is C12H19NO2. The summed E-state index contributed by atoms with van der Waals surface area (Å²) < 4.78 is 10.8. The van der Waals surface area contributed by atoms with Gasteiger partial charge in [-0.05, 0) is 12.1 Å². The molecular weight excluding hydrogens is 190 g/mol. The highest BCUT2D eigenvalue weighted by molar-refractivity contribution is 5.39. The minimum Gasteiger partial charge on any atom is -0.493 e. The highest BCUT2D eigenvalue weighted by Gasteiger charge is 2.01. The molecule has 15 heavy (non-hydrogen) atoms. The minimum absolute atomic E-state index is 0.492. The topological polar surface area (TPSA) is 30.5 Å². The number of hydrogen-bond donors (Lipinski definition) is 1. The third kappa shape index (κ3) is 4.21. The molecule has 0 bridgehead atoms. The maximum Gasteiger partial charge on any atom is 0.161 e. The van der Waals surface area contributed by atoms with Crippen LogP contribution in [0.2, 0.25) is 0 Å². The van der Waals surface area contributed by atoms with Crippen molar-refractivity contribution in [3.05, 3.63) is 24.3 Å². The molecule has 0 aliphatic heterocycles. The molecule has 84 valence electrons. The van der Waals surface area contributed by atoms with E-state index in [9.17, 15) is 0 Å². The van der Waals surface area contributed by atoms with Gasteiger partial charge in [-0.2, -0.15) is 0 Å². The first kappa shape index (κ1) is 11.9. The molecule has 1 rings (SSSR count). The normalized spacial score (nSPS) is 10.4. The van der Waals surface area contributed by atoms with Crippen molar-refractivity contribution in [1.82, 2.24) is 5.32 Å². The van der Waals surface area contributed by atoms with Crippen LogP contribution in [0.5, 0.6) is 11.5 Å². The van der Waals surface area contributed by atoms with Gasteiger partial charge >= 0.3 is 0 Å². The van der Waals surface area contributed by atoms with Crippen LogP contribution in [-0.4, -0.2) is 26.3 Å². The van der Waals surface area contributed by atoms with Gasteiger partial charge in [0.25, 0.3) is 0 Å². The van der Waals surface area contributed by atoms with Crippen molar-refractivity contribution in [2.45, 2.75) is 19.9 Å². The monoisotopic (exact) mass is 209 g/mol. The van der Waals surface area contributed by atoms with E-state index < -0.39 is 0 Å². The molecule has 0 atom stereocenters. The molecule has 0 fully saturated rings. The van der Waals surface area contributed by atoms with Crippen molar-refractivity contribution < 1.29 is 9.47 Å². The molecule has 0 saturated carbocycles. The Kier molecular flexibility index (Phi) is 4.98. The van der Waals surface area contributed by atoms with E-state index in [1.54, 1.807) is 7.11 Å². The fraction of sp³-hybridized carbons (Fsp3) is 0.500. The minimum atomic E-state index is 0.492. The van der Waals surface area contributed by atoms with Gasteiger partial charge in [-0.15, -0.1) is 0 Å². The Balaban J connectivity index is 2.36. The summed E-state index contributed by atoms with van der Waals surface area (Å²) in [5.41, 5.74) is 0. The first-order valence-corrected chi connectivity index (χ1v) is 5.23. The summed E-state index contributed by atoms with van der Waals surface area (Å²) in [6.07, 6.45) is 0. The molecule has 0 spiro atoms. The van der Waals surface area contributed by atoms with E-state index in [1.807, 2.05) is 24.3 Å². The van der Waals surface area contributed by atoms with Gasteiger partial charge in [0.05, 0.1) is 7.11 Å². The fourth-order valence-electron chi connectivity index (χ4n) is 1.25. The van der Waals surface area contributed by atoms with Crippen LogP contribution >= 0.6 is 0 Å². The van der Waals surface area contributed by atoms with Crippen LogP contribution in [0, 0.1) is 0 Å². The number of para-hydroxylation sites is 2. The van der Waals surface area contributed by atoms with Gasteiger partial charge in [-0.25, -0.2) is 0 Å². The molecule has 1 aromatic carbocycles. The maximum absolute atomic E-state index is 5.59. The SMILES string of the molecule is COc1ccccc1OCCNC(C)C. The van der Waals surface area contributed by atoms with Gasteiger partial charge in [-0.1, -0.05) is 26.0 Å². The van der Waals surface area contributed by atoms with Gasteiger partial charge in [0.2, 0.25) is 0 Å². The lowest BCUT2D eigenvalue weighted by molar-refractivity contribution is 0.289. The van der Waals surface area contributed by atoms with Crippen LogP contribution in [0.25, 0.3) is 0 Å². The Bertz CT molecular complexity index is 287. The molecule has 1 aromatic rings. The van der Waals surface area contributed by atoms with Crippen LogP contribution in [0.1, 0.15) is 13.8 Å². The van der Waals surface area contributed by atoms with Crippen molar-refractivity contribution in [1.29, 1.82) is 0 Å². The number of nitrogens with one attached hydrogen (secondary N) is 1. The summed E-state index contributed by atoms with van der Waals surface area (Å²) in [6.45, 7) is 5.72. The summed E-state index contributed by atoms with van der Waals surface area (Å²) in [4.78, 5) is 0. The smallest absolute Gasteiger partial charge is 0.161 e. The van der Waals surface area contributed by atoms with E-state index in [2.05, 4.69) is 19.2 Å². The van der Waals surface area contributed by atoms with E-state index in [1.165, 1.54) is 0 Å². The van der Waals surface area contributed by atoms with Crippen LogP contribution in [0.15, 0.2) is 24.3 Å². The largest absolute Gasteiger partial charge is 0.493 e. The van der Waals surface area contributed by atoms with Crippen LogP contribution < -0.4 is 14.8 Å². The van der Waals surface area contributed by atoms with Crippen molar-refractivity contribution in [3.8, 4) is 11.5 Å². The second-order valence-corrected chi connectivity index (χ2v) is 3.61. The van der Waals surface area contributed by atoms with Crippen molar-refractivity contribution in [2.24, 2.45) is 0 Å². The number of rotatable bonds is 6. The van der Waals surface area contributed by atoms with Gasteiger partial charge < -0.3 is 14.8 Å². The Morgan fingerprint density at radius 2 is 1.87 bits per heavy atom. The highest BCUT2D eigenvalue weighted by atomic mass is 16.5. The van der Waals surface area contributed by atoms with Crippen LogP contribution in [-0.2, 0) is 0 Å². The van der Waals surface area contributed by atoms with Crippen LogP contribution in [0.3, 0.4) is 0 Å². The zero-order valence-electron chi connectivity index (χ0n) is 9.62. The molecule has 3 nitrogen and oxygen atoms in total. The second kappa shape index (κ2) is 6.30. The average molecular weight is 209 g/mol. The maximum atomic E-state index is 5.59. The lowest BCUT2D eigenvalue weighted by Gasteiger charge is -2.11. The third-order valence-electron chi connectivity index (χ3n) is 1.98. The zero-order valence-corrected chi connectivity index (χ0v) is 9.62. The zero-order chi connectivity index (χ0) is 11.1. The molecule has 0 aromatic heterocycles. The van der Waals surface area contributed by atoms with E-state index in [0.717, 1.165) is 18.0 Å². The van der Waals surface area contributed by atoms with Gasteiger partial charge in [0.15, 0.2) is 11.5 Å². The first-order valence-electron chi connectivity index (χ1n) is 5.23. The van der Waals surface area contributed by atoms with Crippen molar-refractivity contribution in [3.63, 3.8) is 0 Å². The average Bonchev–Trinajstić information content (AvgIpc) is 2.24. The van der Waals surface area contributed by atoms with Gasteiger partial charge in [0, 0.05) is 12.6 Å². The van der Waals surface area contributed by atoms with Crippen molar-refractivity contribution >= 4 is 0 Å². The molecule has 1 N–H and O–H groups in total. The number of ether oxygens (including phenoxy) is 2. The lowest BCUT2D eigenvalue weighted by Crippen LogP contribution is -2.27. The van der Waals surface area contributed by atoms with E-state index in [4.69, 9.17) is 9.47 Å². The second-order valence-electron chi connectivity index (χ2n) is 3.61. The molecule has 3 heteroatoms. The standard InChI is InChI=1S/C12H19NO2/c1-10(2)13-8-9-15-12-7-5-4-6-11(12)14-3/h4-7,10,13H,8-9H2,1-3H3. The van der Waals surface area contributed by atoms with E-state index in [0.29, 0.717) is 12.6 Å². The predicted octanol–water partition coefficient (Wildman–Crippen LogP) is 2.07. The molecule has 0 saturated heterocycles. The Labute approximate surface area is 91.4 Å². The first-order chi connectivity index (χ1) is 7.24. The van der Waals surface area contributed by atoms with Crippen LogP contribution in [0.4, 0.5) is 0 Å². The summed E-state index contributed by atoms with van der Waals surface area (Å²) in [7, 11) is 1.65. The predicted molar refractivity (Wildman–Crippen MR) is 61.6 cm³/mol. The molecule has 0 amide bonds. The fourth-order valence-corrected chi connectivity index (χ4v) is 1.25. The van der Waals surface area contributed by atoms with E-state index in [-0.39, 0.29) is 0 Å². The number of hydrogen-bond acceptors (Lipinski definition) is 3. The number of benzene rings is 1. The van der Waals surface area contributed by atoms with Crippen molar-refractivity contribution in [2.75, 3.05) is 20.3 Å². The Hall–Kier alpha value is -1.22. The van der Waals surface area contributed by atoms with Gasteiger partial charge in [0.1, 0.15) is 6.61 Å². The highest BCUT2D eigenvalue weighted by Crippen LogP contribution is 2.25. The summed E-state index contributed by atoms with van der Waals surface area (Å²) in [6, 6.07) is 8.16. The lowest BCUT2D eigenvalue weighted by atomic mass is 10.3. The summed E-state index contributed by atoms with van der Waals surface area (Å²) in [5, 5.41) is 3.29. The molecule has 0 unspecified atom stereocenters. The molecule has 0 aliphatic carbocycles. The molecule has 0 radical (unpaired) electrons. The molecule has 0 aliphatic rings. The molecule has 0 heterocycles. The Morgan fingerprint density at radius 3 is 2.47 bits per heavy atom. The third-order valence-corrected chi connectivity index (χ3v) is 1.98. The number of methoxy groups -OCH3 is 1. The van der Waals surface area contributed by atoms with Gasteiger partial charge in [-0.3, -0.25) is 0 Å². The summed E-state index contributed by atoms with van der Waals surface area (Å²) >= 11 is 0. The quantitative estimate of drug-likeness (QED) is 0.728.